The Kier molecular flexibility index (Phi) is 4.07. The molecule has 0 radical (unpaired) electrons. The molecule has 0 unspecified atom stereocenters. The van der Waals surface area contributed by atoms with Crippen molar-refractivity contribution in [2.45, 2.75) is 90.4 Å². The summed E-state index contributed by atoms with van der Waals surface area (Å²) in [6.45, 7) is 18.9. The fraction of sp³-hybridized carbons (Fsp3) is 0.700. The van der Waals surface area contributed by atoms with Crippen molar-refractivity contribution in [3.8, 4) is 0 Å². The Bertz CT molecular complexity index is 556. The van der Waals surface area contributed by atoms with E-state index in [2.05, 4.69) is 61.5 Å². The average Bonchev–Trinajstić information content (AvgIpc) is 2.26. The van der Waals surface area contributed by atoms with E-state index in [0.717, 1.165) is 6.42 Å². The maximum absolute atomic E-state index is 4.86. The van der Waals surface area contributed by atoms with Crippen LogP contribution in [0.5, 0.6) is 0 Å². The number of rotatable bonds is 1. The first kappa shape index (κ1) is 16.9. The fourth-order valence-electron chi connectivity index (χ4n) is 3.91. The van der Waals surface area contributed by atoms with Gasteiger partial charge in [0.15, 0.2) is 0 Å². The van der Waals surface area contributed by atoms with Crippen LogP contribution in [0.4, 0.5) is 0 Å². The monoisotopic (exact) mass is 304 g/mol. The highest BCUT2D eigenvalue weighted by atomic mass is 32.1. The Morgan fingerprint density at radius 1 is 1.00 bits per heavy atom. The topological polar surface area (TPSA) is 0 Å². The first-order chi connectivity index (χ1) is 9.35. The zero-order valence-corrected chi connectivity index (χ0v) is 16.0. The van der Waals surface area contributed by atoms with Gasteiger partial charge >= 0.3 is 0 Å². The lowest BCUT2D eigenvalue weighted by Crippen LogP contribution is -2.36. The van der Waals surface area contributed by atoms with Crippen LogP contribution >= 0.6 is 12.6 Å². The van der Waals surface area contributed by atoms with Crippen LogP contribution < -0.4 is 0 Å². The minimum atomic E-state index is 0.238. The summed E-state index contributed by atoms with van der Waals surface area (Å²) in [4.78, 5) is 1.19. The number of benzene rings is 1. The van der Waals surface area contributed by atoms with E-state index in [0.29, 0.717) is 5.41 Å². The van der Waals surface area contributed by atoms with Crippen LogP contribution in [-0.2, 0) is 17.3 Å². The van der Waals surface area contributed by atoms with E-state index in [9.17, 15) is 0 Å². The highest BCUT2D eigenvalue weighted by Crippen LogP contribution is 2.50. The predicted molar refractivity (Wildman–Crippen MR) is 96.9 cm³/mol. The number of aryl methyl sites for hydroxylation is 1. The van der Waals surface area contributed by atoms with Gasteiger partial charge < -0.3 is 0 Å². The quantitative estimate of drug-likeness (QED) is 0.585. The summed E-state index contributed by atoms with van der Waals surface area (Å²) in [5.41, 5.74) is 6.91. The van der Waals surface area contributed by atoms with Crippen molar-refractivity contribution in [1.82, 2.24) is 0 Å². The lowest BCUT2D eigenvalue weighted by atomic mass is 9.60. The van der Waals surface area contributed by atoms with Gasteiger partial charge in [0.1, 0.15) is 0 Å². The standard InChI is InChI=1S/C20H32S/c1-13-11-15(21)17-16(14(13)12-18(2,3)4)19(5,6)9-10-20(17,7)8/h11,21H,9-10,12H2,1-8H3. The Labute approximate surface area is 137 Å². The minimum absolute atomic E-state index is 0.238. The van der Waals surface area contributed by atoms with Crippen molar-refractivity contribution < 1.29 is 0 Å². The van der Waals surface area contributed by atoms with Crippen LogP contribution in [0.1, 0.15) is 83.6 Å². The second-order valence-electron chi connectivity index (χ2n) is 9.45. The molecule has 118 valence electrons. The van der Waals surface area contributed by atoms with Crippen LogP contribution in [0, 0.1) is 12.3 Å². The molecule has 21 heavy (non-hydrogen) atoms. The second kappa shape index (κ2) is 5.05. The third kappa shape index (κ3) is 3.18. The molecular weight excluding hydrogens is 272 g/mol. The van der Waals surface area contributed by atoms with E-state index in [1.165, 1.54) is 28.9 Å². The molecule has 0 amide bonds. The van der Waals surface area contributed by atoms with Crippen LogP contribution in [0.3, 0.4) is 0 Å². The van der Waals surface area contributed by atoms with E-state index < -0.39 is 0 Å². The van der Waals surface area contributed by atoms with Gasteiger partial charge in [-0.25, -0.2) is 0 Å². The molecule has 0 aliphatic heterocycles. The zero-order valence-electron chi connectivity index (χ0n) is 15.1. The van der Waals surface area contributed by atoms with Crippen molar-refractivity contribution in [2.24, 2.45) is 5.41 Å². The summed E-state index contributed by atoms with van der Waals surface area (Å²) in [5, 5.41) is 0. The molecule has 1 aliphatic carbocycles. The molecule has 0 bridgehead atoms. The SMILES string of the molecule is Cc1cc(S)c2c(c1CC(C)(C)C)C(C)(C)CCC2(C)C. The van der Waals surface area contributed by atoms with Crippen LogP contribution in [0.25, 0.3) is 0 Å². The van der Waals surface area contributed by atoms with Crippen molar-refractivity contribution in [1.29, 1.82) is 0 Å². The lowest BCUT2D eigenvalue weighted by Gasteiger charge is -2.45. The molecule has 1 aromatic rings. The molecule has 0 saturated carbocycles. The first-order valence-corrected chi connectivity index (χ1v) is 8.66. The van der Waals surface area contributed by atoms with E-state index in [1.807, 2.05) is 0 Å². The second-order valence-corrected chi connectivity index (χ2v) is 9.93. The summed E-state index contributed by atoms with van der Waals surface area (Å²) >= 11 is 4.86. The van der Waals surface area contributed by atoms with Gasteiger partial charge in [-0.15, -0.1) is 12.6 Å². The van der Waals surface area contributed by atoms with Crippen LogP contribution in [0.2, 0.25) is 0 Å². The van der Waals surface area contributed by atoms with Gasteiger partial charge in [0.2, 0.25) is 0 Å². The van der Waals surface area contributed by atoms with Gasteiger partial charge in [-0.05, 0) is 70.8 Å². The van der Waals surface area contributed by atoms with Gasteiger partial charge in [0.25, 0.3) is 0 Å². The van der Waals surface area contributed by atoms with Gasteiger partial charge in [0.05, 0.1) is 0 Å². The maximum Gasteiger partial charge on any atom is 0.00832 e. The molecule has 0 aromatic heterocycles. The largest absolute Gasteiger partial charge is 0.143 e. The van der Waals surface area contributed by atoms with Gasteiger partial charge in [-0.1, -0.05) is 48.5 Å². The summed E-state index contributed by atoms with van der Waals surface area (Å²) in [6, 6.07) is 2.30. The number of hydrogen-bond donors (Lipinski definition) is 1. The molecule has 0 heterocycles. The molecule has 0 fully saturated rings. The summed E-state index contributed by atoms with van der Waals surface area (Å²) in [7, 11) is 0. The molecule has 0 atom stereocenters. The summed E-state index contributed by atoms with van der Waals surface area (Å²) < 4.78 is 0. The molecule has 0 saturated heterocycles. The fourth-order valence-corrected chi connectivity index (χ4v) is 4.51. The molecule has 1 heteroatoms. The smallest absolute Gasteiger partial charge is 0.00832 e. The van der Waals surface area contributed by atoms with Gasteiger partial charge in [-0.2, -0.15) is 0 Å². The lowest BCUT2D eigenvalue weighted by molar-refractivity contribution is 0.319. The molecule has 1 aromatic carbocycles. The van der Waals surface area contributed by atoms with E-state index in [4.69, 9.17) is 12.6 Å². The Balaban J connectivity index is 2.79. The molecule has 0 N–H and O–H groups in total. The third-order valence-corrected chi connectivity index (χ3v) is 5.43. The average molecular weight is 305 g/mol. The molecular formula is C20H32S. The Hall–Kier alpha value is -0.430. The highest BCUT2D eigenvalue weighted by Gasteiger charge is 2.40. The molecule has 1 aliphatic rings. The summed E-state index contributed by atoms with van der Waals surface area (Å²) in [6.07, 6.45) is 3.66. The normalized spacial score (nSPS) is 20.2. The Morgan fingerprint density at radius 2 is 1.48 bits per heavy atom. The predicted octanol–water partition coefficient (Wildman–Crippen LogP) is 6.22. The third-order valence-electron chi connectivity index (χ3n) is 5.07. The van der Waals surface area contributed by atoms with Crippen molar-refractivity contribution in [3.05, 3.63) is 28.3 Å². The van der Waals surface area contributed by atoms with Crippen molar-refractivity contribution in [3.63, 3.8) is 0 Å². The number of thiol groups is 1. The highest BCUT2D eigenvalue weighted by molar-refractivity contribution is 7.80. The van der Waals surface area contributed by atoms with Crippen molar-refractivity contribution >= 4 is 12.6 Å². The molecule has 0 nitrogen and oxygen atoms in total. The first-order valence-electron chi connectivity index (χ1n) is 8.22. The van der Waals surface area contributed by atoms with Crippen LogP contribution in [0.15, 0.2) is 11.0 Å². The molecule has 0 spiro atoms. The molecule has 2 rings (SSSR count). The zero-order chi connectivity index (χ0) is 16.2. The Morgan fingerprint density at radius 3 is 1.95 bits per heavy atom. The van der Waals surface area contributed by atoms with E-state index >= 15 is 0 Å². The number of fused-ring (bicyclic) bond motifs is 1. The maximum atomic E-state index is 4.86. The van der Waals surface area contributed by atoms with E-state index in [1.54, 1.807) is 11.1 Å². The van der Waals surface area contributed by atoms with Crippen molar-refractivity contribution in [2.75, 3.05) is 0 Å². The van der Waals surface area contributed by atoms with Crippen LogP contribution in [-0.4, -0.2) is 0 Å². The number of hydrogen-bond acceptors (Lipinski definition) is 1. The van der Waals surface area contributed by atoms with E-state index in [-0.39, 0.29) is 10.8 Å². The van der Waals surface area contributed by atoms with Gasteiger partial charge in [-0.3, -0.25) is 0 Å². The van der Waals surface area contributed by atoms with Gasteiger partial charge in [0, 0.05) is 4.90 Å². The summed E-state index contributed by atoms with van der Waals surface area (Å²) in [5.74, 6) is 0. The minimum Gasteiger partial charge on any atom is -0.143 e.